The molecule has 2 rings (SSSR count). The first-order valence-electron chi connectivity index (χ1n) is 6.04. The Labute approximate surface area is 112 Å². The second-order valence-corrected chi connectivity index (χ2v) is 4.81. The van der Waals surface area contributed by atoms with Gasteiger partial charge in [-0.3, -0.25) is 0 Å². The summed E-state index contributed by atoms with van der Waals surface area (Å²) in [7, 11) is 0. The van der Waals surface area contributed by atoms with Crippen molar-refractivity contribution in [3.05, 3.63) is 52.6 Å². The van der Waals surface area contributed by atoms with E-state index in [9.17, 15) is 9.90 Å². The smallest absolute Gasteiger partial charge is 0.339 e. The number of phenols is 1. The van der Waals surface area contributed by atoms with Crippen LogP contribution in [0.1, 0.15) is 27.0 Å². The summed E-state index contributed by atoms with van der Waals surface area (Å²) in [5.74, 6) is -1.33. The molecule has 0 atom stereocenters. The highest BCUT2D eigenvalue weighted by molar-refractivity contribution is 5.93. The van der Waals surface area contributed by atoms with E-state index in [1.165, 1.54) is 17.7 Å². The Morgan fingerprint density at radius 3 is 2.11 bits per heavy atom. The van der Waals surface area contributed by atoms with E-state index in [-0.39, 0.29) is 11.3 Å². The van der Waals surface area contributed by atoms with Gasteiger partial charge in [-0.15, -0.1) is 0 Å². The van der Waals surface area contributed by atoms with Gasteiger partial charge in [0.15, 0.2) is 0 Å². The van der Waals surface area contributed by atoms with Crippen LogP contribution in [0, 0.1) is 20.8 Å². The van der Waals surface area contributed by atoms with E-state index in [1.807, 2.05) is 20.8 Å². The molecule has 0 saturated heterocycles. The fraction of sp³-hybridized carbons (Fsp3) is 0.188. The summed E-state index contributed by atoms with van der Waals surface area (Å²) in [4.78, 5) is 11.1. The number of benzene rings is 2. The Hall–Kier alpha value is -2.29. The zero-order valence-corrected chi connectivity index (χ0v) is 11.2. The highest BCUT2D eigenvalue weighted by Gasteiger charge is 2.13. The second kappa shape index (κ2) is 4.76. The summed E-state index contributed by atoms with van der Waals surface area (Å²) < 4.78 is 0. The Kier molecular flexibility index (Phi) is 3.30. The van der Waals surface area contributed by atoms with E-state index >= 15 is 0 Å². The molecule has 0 heterocycles. The van der Waals surface area contributed by atoms with Crippen LogP contribution in [0.15, 0.2) is 30.3 Å². The quantitative estimate of drug-likeness (QED) is 0.861. The monoisotopic (exact) mass is 256 g/mol. The normalized spacial score (nSPS) is 10.5. The Balaban J connectivity index is 2.66. The maximum atomic E-state index is 11.1. The van der Waals surface area contributed by atoms with Crippen molar-refractivity contribution in [2.24, 2.45) is 0 Å². The molecule has 0 saturated carbocycles. The maximum Gasteiger partial charge on any atom is 0.339 e. The number of hydrogen-bond donors (Lipinski definition) is 2. The fourth-order valence-corrected chi connectivity index (χ4v) is 2.50. The number of carbonyl (C=O) groups is 1. The maximum absolute atomic E-state index is 11.1. The first-order chi connectivity index (χ1) is 8.90. The van der Waals surface area contributed by atoms with Gasteiger partial charge < -0.3 is 10.2 Å². The molecule has 0 aliphatic heterocycles. The summed E-state index contributed by atoms with van der Waals surface area (Å²) in [6.45, 7) is 6.04. The van der Waals surface area contributed by atoms with Crippen LogP contribution in [0.5, 0.6) is 5.75 Å². The summed E-state index contributed by atoms with van der Waals surface area (Å²) >= 11 is 0. The van der Waals surface area contributed by atoms with Crippen molar-refractivity contribution >= 4 is 5.97 Å². The van der Waals surface area contributed by atoms with Crippen LogP contribution in [0.3, 0.4) is 0 Å². The molecular weight excluding hydrogens is 240 g/mol. The second-order valence-electron chi connectivity index (χ2n) is 4.81. The largest absolute Gasteiger partial charge is 0.507 e. The van der Waals surface area contributed by atoms with Gasteiger partial charge in [-0.2, -0.15) is 0 Å². The summed E-state index contributed by atoms with van der Waals surface area (Å²) in [5, 5.41) is 18.6. The molecule has 0 spiro atoms. The van der Waals surface area contributed by atoms with Gasteiger partial charge in [-0.1, -0.05) is 23.8 Å². The number of carboxylic acids is 1. The van der Waals surface area contributed by atoms with Crippen LogP contribution in [-0.4, -0.2) is 16.2 Å². The number of aromatic carboxylic acids is 1. The van der Waals surface area contributed by atoms with Gasteiger partial charge in [0.05, 0.1) is 0 Å². The molecule has 0 amide bonds. The predicted molar refractivity (Wildman–Crippen MR) is 74.7 cm³/mol. The number of hydrogen-bond acceptors (Lipinski definition) is 2. The van der Waals surface area contributed by atoms with Gasteiger partial charge in [-0.05, 0) is 55.2 Å². The molecule has 0 fully saturated rings. The lowest BCUT2D eigenvalue weighted by molar-refractivity contribution is 0.0694. The first kappa shape index (κ1) is 13.1. The van der Waals surface area contributed by atoms with Crippen LogP contribution < -0.4 is 0 Å². The molecule has 0 aromatic heterocycles. The van der Waals surface area contributed by atoms with E-state index in [0.717, 1.165) is 22.3 Å². The minimum atomic E-state index is -1.12. The highest BCUT2D eigenvalue weighted by Crippen LogP contribution is 2.31. The Bertz CT molecular complexity index is 634. The zero-order chi connectivity index (χ0) is 14.2. The van der Waals surface area contributed by atoms with Gasteiger partial charge in [0, 0.05) is 0 Å². The van der Waals surface area contributed by atoms with Gasteiger partial charge >= 0.3 is 5.97 Å². The molecule has 2 aromatic carbocycles. The third-order valence-electron chi connectivity index (χ3n) is 3.19. The van der Waals surface area contributed by atoms with Crippen LogP contribution in [0.25, 0.3) is 11.1 Å². The molecular formula is C16H16O3. The van der Waals surface area contributed by atoms with Crippen LogP contribution in [0.4, 0.5) is 0 Å². The lowest BCUT2D eigenvalue weighted by atomic mass is 9.93. The third kappa shape index (κ3) is 2.45. The van der Waals surface area contributed by atoms with Crippen molar-refractivity contribution in [3.63, 3.8) is 0 Å². The standard InChI is InChI=1S/C16H16O3/c1-9-6-10(2)15(11(3)7-9)12-4-5-14(17)13(8-12)16(18)19/h4-8,17H,1-3H3,(H,18,19). The molecule has 3 nitrogen and oxygen atoms in total. The molecule has 19 heavy (non-hydrogen) atoms. The Morgan fingerprint density at radius 2 is 1.58 bits per heavy atom. The van der Waals surface area contributed by atoms with Crippen molar-refractivity contribution in [2.45, 2.75) is 20.8 Å². The van der Waals surface area contributed by atoms with E-state index in [4.69, 9.17) is 5.11 Å². The number of rotatable bonds is 2. The summed E-state index contributed by atoms with van der Waals surface area (Å²) in [6, 6.07) is 8.82. The van der Waals surface area contributed by atoms with Crippen molar-refractivity contribution in [1.82, 2.24) is 0 Å². The number of aryl methyl sites for hydroxylation is 3. The van der Waals surface area contributed by atoms with Crippen LogP contribution in [-0.2, 0) is 0 Å². The topological polar surface area (TPSA) is 57.5 Å². The molecule has 0 bridgehead atoms. The van der Waals surface area contributed by atoms with E-state index in [0.29, 0.717) is 0 Å². The lowest BCUT2D eigenvalue weighted by Crippen LogP contribution is -1.98. The average Bonchev–Trinajstić information content (AvgIpc) is 2.29. The van der Waals surface area contributed by atoms with Crippen molar-refractivity contribution in [1.29, 1.82) is 0 Å². The molecule has 0 radical (unpaired) electrons. The van der Waals surface area contributed by atoms with Crippen LogP contribution in [0.2, 0.25) is 0 Å². The van der Waals surface area contributed by atoms with Gasteiger partial charge in [0.25, 0.3) is 0 Å². The molecule has 98 valence electrons. The van der Waals surface area contributed by atoms with Crippen LogP contribution >= 0.6 is 0 Å². The van der Waals surface area contributed by atoms with E-state index < -0.39 is 5.97 Å². The number of carboxylic acid groups (broad SMARTS) is 1. The molecule has 2 N–H and O–H groups in total. The highest BCUT2D eigenvalue weighted by atomic mass is 16.4. The first-order valence-corrected chi connectivity index (χ1v) is 6.04. The van der Waals surface area contributed by atoms with Crippen molar-refractivity contribution in [2.75, 3.05) is 0 Å². The van der Waals surface area contributed by atoms with Crippen molar-refractivity contribution < 1.29 is 15.0 Å². The minimum Gasteiger partial charge on any atom is -0.507 e. The average molecular weight is 256 g/mol. The fourth-order valence-electron chi connectivity index (χ4n) is 2.50. The predicted octanol–water partition coefficient (Wildman–Crippen LogP) is 3.68. The Morgan fingerprint density at radius 1 is 1.00 bits per heavy atom. The minimum absolute atomic E-state index is 0.0723. The zero-order valence-electron chi connectivity index (χ0n) is 11.2. The number of aromatic hydroxyl groups is 1. The van der Waals surface area contributed by atoms with Gasteiger partial charge in [0.2, 0.25) is 0 Å². The summed E-state index contributed by atoms with van der Waals surface area (Å²) in [5.41, 5.74) is 5.13. The van der Waals surface area contributed by atoms with E-state index in [2.05, 4.69) is 12.1 Å². The molecule has 0 aliphatic carbocycles. The molecule has 0 unspecified atom stereocenters. The van der Waals surface area contributed by atoms with Crippen molar-refractivity contribution in [3.8, 4) is 16.9 Å². The SMILES string of the molecule is Cc1cc(C)c(-c2ccc(O)c(C(=O)O)c2)c(C)c1. The molecule has 0 aliphatic rings. The van der Waals surface area contributed by atoms with Gasteiger partial charge in [-0.25, -0.2) is 4.79 Å². The molecule has 2 aromatic rings. The van der Waals surface area contributed by atoms with Gasteiger partial charge in [0.1, 0.15) is 11.3 Å². The lowest BCUT2D eigenvalue weighted by Gasteiger charge is -2.12. The molecule has 3 heteroatoms. The third-order valence-corrected chi connectivity index (χ3v) is 3.19. The summed E-state index contributed by atoms with van der Waals surface area (Å²) in [6.07, 6.45) is 0. The van der Waals surface area contributed by atoms with E-state index in [1.54, 1.807) is 6.07 Å².